The van der Waals surface area contributed by atoms with Gasteiger partial charge in [0.05, 0.1) is 28.3 Å². The molecule has 8 nitrogen and oxygen atoms in total. The van der Waals surface area contributed by atoms with Gasteiger partial charge in [0.1, 0.15) is 17.3 Å². The maximum atomic E-state index is 14.8. The molecule has 3 saturated carbocycles. The summed E-state index contributed by atoms with van der Waals surface area (Å²) in [4.78, 5) is 33.9. The van der Waals surface area contributed by atoms with E-state index in [0.717, 1.165) is 105 Å². The normalized spacial score (nSPS) is 36.6. The van der Waals surface area contributed by atoms with Crippen molar-refractivity contribution >= 4 is 39.3 Å². The standard InChI is InChI=1S/C43H55N3O5S2/c1-4-41(15-5-6-16-41)22-31-30-11-10-28-29-13-19-43(35(28)34(30)39(48)50-31)32-12-9-25(2)38(45-23-26(3)47)53-52-24-46-33-21-27(14-20-44-33)42(17-7-8-18-42)36(29)37(43)40(49)51-32/h12,14,20-22,25-26,28-29,35,38,45,47H,4-11,13,15-19,23-24H2,1-3H3,(H,44,46)/b31-22-,32-12-/t25-,26+,28+,29+,35-,38-,43+/m1/s1. The molecule has 3 N–H and O–H groups in total. The van der Waals surface area contributed by atoms with Crippen LogP contribution in [0.5, 0.6) is 0 Å². The van der Waals surface area contributed by atoms with Crippen LogP contribution in [0.15, 0.2) is 64.3 Å². The second-order valence-corrected chi connectivity index (χ2v) is 19.9. The van der Waals surface area contributed by atoms with Gasteiger partial charge < -0.3 is 25.2 Å². The van der Waals surface area contributed by atoms with E-state index in [-0.39, 0.29) is 51.8 Å². The van der Waals surface area contributed by atoms with Gasteiger partial charge in [-0.1, -0.05) is 61.1 Å². The topological polar surface area (TPSA) is 110 Å². The fourth-order valence-corrected chi connectivity index (χ4v) is 14.7. The predicted molar refractivity (Wildman–Crippen MR) is 210 cm³/mol. The van der Waals surface area contributed by atoms with Crippen molar-refractivity contribution in [1.29, 1.82) is 0 Å². The number of fused-ring (bicyclic) bond motifs is 4. The number of anilines is 1. The van der Waals surface area contributed by atoms with Gasteiger partial charge in [-0.25, -0.2) is 14.6 Å². The number of pyridine rings is 1. The number of hydrogen-bond acceptors (Lipinski definition) is 10. The van der Waals surface area contributed by atoms with Crippen LogP contribution in [0.3, 0.4) is 0 Å². The van der Waals surface area contributed by atoms with Crippen LogP contribution in [-0.2, 0) is 24.5 Å². The molecular weight excluding hydrogens is 703 g/mol. The summed E-state index contributed by atoms with van der Waals surface area (Å²) in [5.74, 6) is 3.20. The fraction of sp³-hybridized carbons (Fsp3) is 0.651. The Hall–Kier alpha value is -2.53. The summed E-state index contributed by atoms with van der Waals surface area (Å²) < 4.78 is 12.9. The van der Waals surface area contributed by atoms with Crippen molar-refractivity contribution in [3.63, 3.8) is 0 Å². The predicted octanol–water partition coefficient (Wildman–Crippen LogP) is 8.86. The minimum atomic E-state index is -0.692. The number of aliphatic hydroxyl groups excluding tert-OH is 1. The van der Waals surface area contributed by atoms with Gasteiger partial charge in [0, 0.05) is 35.2 Å². The molecule has 4 fully saturated rings. The molecule has 3 aliphatic heterocycles. The van der Waals surface area contributed by atoms with E-state index < -0.39 is 11.5 Å². The highest BCUT2D eigenvalue weighted by Crippen LogP contribution is 2.73. The molecule has 284 valence electrons. The average molecular weight is 758 g/mol. The zero-order valence-electron chi connectivity index (χ0n) is 31.5. The Morgan fingerprint density at radius 2 is 1.89 bits per heavy atom. The lowest BCUT2D eigenvalue weighted by Crippen LogP contribution is -2.55. The first-order valence-electron chi connectivity index (χ1n) is 20.5. The van der Waals surface area contributed by atoms with E-state index in [1.165, 1.54) is 24.0 Å². The number of carbonyl (C=O) groups is 2. The third kappa shape index (κ3) is 5.73. The summed E-state index contributed by atoms with van der Waals surface area (Å²) >= 11 is 0. The smallest absolute Gasteiger partial charge is 0.340 e. The summed E-state index contributed by atoms with van der Waals surface area (Å²) in [6, 6.07) is 4.43. The van der Waals surface area contributed by atoms with Gasteiger partial charge in [-0.15, -0.1) is 0 Å². The SMILES string of the molecule is CCC1(/C=C2\OC(=O)C3=C2CC[C@H]2[C@@H]4CC[C@@]5(C6=C4C4(CCCC4)c4ccnc(c4)NCSS[C@@H](NC[C@H](C)O)[C@H](C)C/C=C/5OC6=O)[C@@H]32)CCCC1. The highest BCUT2D eigenvalue weighted by molar-refractivity contribution is 8.76. The zero-order valence-corrected chi connectivity index (χ0v) is 33.1. The number of ether oxygens (including phenoxy) is 2. The first-order valence-corrected chi connectivity index (χ1v) is 22.8. The van der Waals surface area contributed by atoms with Gasteiger partial charge in [0.15, 0.2) is 0 Å². The lowest BCUT2D eigenvalue weighted by Gasteiger charge is -2.59. The number of hydrogen-bond donors (Lipinski definition) is 3. The maximum absolute atomic E-state index is 14.8. The van der Waals surface area contributed by atoms with Crippen molar-refractivity contribution < 1.29 is 24.2 Å². The van der Waals surface area contributed by atoms with Crippen molar-refractivity contribution in [3.05, 3.63) is 69.9 Å². The number of nitrogens with one attached hydrogen (secondary N) is 2. The van der Waals surface area contributed by atoms with Gasteiger partial charge in [-0.3, -0.25) is 0 Å². The molecule has 0 radical (unpaired) electrons. The third-order valence-corrected chi connectivity index (χ3v) is 17.3. The molecular formula is C43H55N3O5S2. The maximum Gasteiger partial charge on any atom is 0.340 e. The highest BCUT2D eigenvalue weighted by atomic mass is 33.1. The van der Waals surface area contributed by atoms with Crippen molar-refractivity contribution in [2.24, 2.45) is 34.5 Å². The Morgan fingerprint density at radius 3 is 2.66 bits per heavy atom. The molecule has 6 aliphatic carbocycles. The van der Waals surface area contributed by atoms with Crippen LogP contribution >= 0.6 is 21.6 Å². The molecule has 4 heterocycles. The van der Waals surface area contributed by atoms with Crippen molar-refractivity contribution in [3.8, 4) is 0 Å². The molecule has 2 spiro atoms. The molecule has 1 saturated heterocycles. The van der Waals surface area contributed by atoms with Crippen molar-refractivity contribution in [2.75, 3.05) is 17.7 Å². The third-order valence-electron chi connectivity index (χ3n) is 14.7. The zero-order chi connectivity index (χ0) is 36.5. The molecule has 1 aromatic heterocycles. The summed E-state index contributed by atoms with van der Waals surface area (Å²) in [6.45, 7) is 6.80. The Balaban J connectivity index is 1.24. The highest BCUT2D eigenvalue weighted by Gasteiger charge is 2.70. The number of esters is 2. The molecule has 1 aromatic rings. The number of rotatable bonds is 5. The molecule has 10 rings (SSSR count). The van der Waals surface area contributed by atoms with Crippen molar-refractivity contribution in [1.82, 2.24) is 10.3 Å². The fourth-order valence-electron chi connectivity index (χ4n) is 12.2. The first kappa shape index (κ1) is 36.1. The summed E-state index contributed by atoms with van der Waals surface area (Å²) in [5.41, 5.74) is 4.50. The van der Waals surface area contributed by atoms with E-state index in [9.17, 15) is 14.7 Å². The largest absolute Gasteiger partial charge is 0.427 e. The molecule has 7 atom stereocenters. The van der Waals surface area contributed by atoms with E-state index in [2.05, 4.69) is 48.8 Å². The molecule has 53 heavy (non-hydrogen) atoms. The van der Waals surface area contributed by atoms with E-state index in [1.807, 2.05) is 6.20 Å². The number of nitrogens with zero attached hydrogens (tertiary/aromatic N) is 1. The molecule has 0 aromatic carbocycles. The number of carbonyl (C=O) groups excluding carboxylic acids is 2. The Bertz CT molecular complexity index is 1800. The lowest BCUT2D eigenvalue weighted by molar-refractivity contribution is -0.135. The summed E-state index contributed by atoms with van der Waals surface area (Å²) in [6.07, 6.45) is 20.4. The molecule has 9 aliphatic rings. The molecule has 0 unspecified atom stereocenters. The Morgan fingerprint density at radius 1 is 1.09 bits per heavy atom. The Labute approximate surface area is 322 Å². The van der Waals surface area contributed by atoms with Crippen molar-refractivity contribution in [2.45, 2.75) is 128 Å². The van der Waals surface area contributed by atoms with Crippen LogP contribution in [0.2, 0.25) is 0 Å². The number of aliphatic hydroxyl groups is 1. The molecule has 7 bridgehead atoms. The molecule has 10 heteroatoms. The number of allylic oxidation sites excluding steroid dienone is 5. The second-order valence-electron chi connectivity index (χ2n) is 17.4. The van der Waals surface area contributed by atoms with Gasteiger partial charge in [-0.2, -0.15) is 0 Å². The van der Waals surface area contributed by atoms with Gasteiger partial charge in [0.2, 0.25) is 0 Å². The van der Waals surface area contributed by atoms with Gasteiger partial charge >= 0.3 is 11.9 Å². The van der Waals surface area contributed by atoms with Crippen LogP contribution in [-0.4, -0.2) is 45.9 Å². The van der Waals surface area contributed by atoms with Crippen LogP contribution < -0.4 is 10.6 Å². The van der Waals surface area contributed by atoms with E-state index in [4.69, 9.17) is 14.5 Å². The number of aromatic nitrogens is 1. The monoisotopic (exact) mass is 757 g/mol. The lowest BCUT2D eigenvalue weighted by atomic mass is 9.42. The average Bonchev–Trinajstić information content (AvgIpc) is 3.96. The van der Waals surface area contributed by atoms with Gasteiger partial charge in [0.25, 0.3) is 0 Å². The van der Waals surface area contributed by atoms with E-state index >= 15 is 0 Å². The van der Waals surface area contributed by atoms with E-state index in [1.54, 1.807) is 28.5 Å². The van der Waals surface area contributed by atoms with Crippen LogP contribution in [0.4, 0.5) is 5.82 Å². The summed E-state index contributed by atoms with van der Waals surface area (Å²) in [7, 11) is 3.52. The van der Waals surface area contributed by atoms with Crippen LogP contribution in [0, 0.1) is 34.5 Å². The Kier molecular flexibility index (Phi) is 9.47. The quantitative estimate of drug-likeness (QED) is 0.199. The molecule has 0 amide bonds. The van der Waals surface area contributed by atoms with Crippen LogP contribution in [0.1, 0.15) is 116 Å². The van der Waals surface area contributed by atoms with Crippen LogP contribution in [0.25, 0.3) is 0 Å². The summed E-state index contributed by atoms with van der Waals surface area (Å²) in [5, 5.41) is 17.4. The van der Waals surface area contributed by atoms with Gasteiger partial charge in [-0.05, 0) is 130 Å². The minimum absolute atomic E-state index is 0.0557. The number of cyclic esters (lactones) is 1. The van der Waals surface area contributed by atoms with E-state index in [0.29, 0.717) is 18.8 Å². The minimum Gasteiger partial charge on any atom is -0.427 e. The second kappa shape index (κ2) is 13.9. The first-order chi connectivity index (χ1) is 25.7.